The van der Waals surface area contributed by atoms with E-state index in [4.69, 9.17) is 4.74 Å². The van der Waals surface area contributed by atoms with Crippen LogP contribution >= 0.6 is 23.1 Å². The molecular weight excluding hydrogens is 413 g/mol. The van der Waals surface area contributed by atoms with Crippen LogP contribution in [0.4, 0.5) is 4.39 Å². The zero-order chi connectivity index (χ0) is 20.4. The maximum absolute atomic E-state index is 14.2. The van der Waals surface area contributed by atoms with E-state index in [9.17, 15) is 14.0 Å². The fourth-order valence-corrected chi connectivity index (χ4v) is 5.69. The van der Waals surface area contributed by atoms with Crippen molar-refractivity contribution in [2.75, 3.05) is 25.4 Å². The van der Waals surface area contributed by atoms with Crippen LogP contribution in [0.15, 0.2) is 29.6 Å². The zero-order valence-corrected chi connectivity index (χ0v) is 17.5. The highest BCUT2D eigenvalue weighted by atomic mass is 32.2. The highest BCUT2D eigenvalue weighted by Crippen LogP contribution is 2.38. The summed E-state index contributed by atoms with van der Waals surface area (Å²) in [5.41, 5.74) is 0.577. The van der Waals surface area contributed by atoms with Crippen molar-refractivity contribution in [2.24, 2.45) is 5.92 Å². The second-order valence-electron chi connectivity index (χ2n) is 6.79. The number of amides is 1. The molecule has 1 saturated heterocycles. The van der Waals surface area contributed by atoms with E-state index in [0.717, 1.165) is 22.2 Å². The van der Waals surface area contributed by atoms with Crippen molar-refractivity contribution in [3.05, 3.63) is 30.3 Å². The minimum Gasteiger partial charge on any atom is -0.466 e. The molecule has 29 heavy (non-hydrogen) atoms. The smallest absolute Gasteiger partial charge is 0.310 e. The fraction of sp³-hybridized carbons (Fsp3) is 0.400. The van der Waals surface area contributed by atoms with E-state index in [1.165, 1.54) is 35.5 Å². The van der Waals surface area contributed by atoms with Gasteiger partial charge in [-0.2, -0.15) is 0 Å². The molecule has 0 unspecified atom stereocenters. The van der Waals surface area contributed by atoms with Gasteiger partial charge in [-0.3, -0.25) is 9.59 Å². The average molecular weight is 434 g/mol. The third kappa shape index (κ3) is 4.06. The van der Waals surface area contributed by atoms with Crippen molar-refractivity contribution >= 4 is 55.3 Å². The second-order valence-corrected chi connectivity index (χ2v) is 8.81. The van der Waals surface area contributed by atoms with Crippen LogP contribution in [0.5, 0.6) is 0 Å². The molecule has 1 aromatic carbocycles. The predicted molar refractivity (Wildman–Crippen MR) is 112 cm³/mol. The summed E-state index contributed by atoms with van der Waals surface area (Å²) in [6.45, 7) is 3.16. The van der Waals surface area contributed by atoms with Crippen molar-refractivity contribution < 1.29 is 18.7 Å². The Morgan fingerprint density at radius 2 is 2.24 bits per heavy atom. The Bertz CT molecular complexity index is 1070. The molecule has 0 spiro atoms. The van der Waals surface area contributed by atoms with Gasteiger partial charge in [0.1, 0.15) is 17.2 Å². The van der Waals surface area contributed by atoms with Crippen molar-refractivity contribution in [3.63, 3.8) is 0 Å². The van der Waals surface area contributed by atoms with E-state index in [1.54, 1.807) is 17.9 Å². The highest BCUT2D eigenvalue weighted by Gasteiger charge is 2.29. The number of likely N-dealkylation sites (tertiary alicyclic amines) is 1. The molecule has 1 amide bonds. The molecule has 1 aliphatic rings. The number of hydrogen-bond acceptors (Lipinski definition) is 7. The van der Waals surface area contributed by atoms with Crippen LogP contribution in [-0.2, 0) is 14.3 Å². The number of thioether (sulfide) groups is 1. The zero-order valence-electron chi connectivity index (χ0n) is 15.9. The molecule has 3 heterocycles. The number of nitrogens with zero attached hydrogens (tertiary/aromatic N) is 3. The molecule has 0 aliphatic carbocycles. The largest absolute Gasteiger partial charge is 0.466 e. The van der Waals surface area contributed by atoms with Gasteiger partial charge >= 0.3 is 5.97 Å². The number of ether oxygens (including phenoxy) is 1. The first-order valence-electron chi connectivity index (χ1n) is 9.47. The Hall–Kier alpha value is -2.26. The van der Waals surface area contributed by atoms with Gasteiger partial charge in [-0.1, -0.05) is 17.8 Å². The maximum Gasteiger partial charge on any atom is 0.310 e. The molecule has 0 bridgehead atoms. The minimum atomic E-state index is -0.308. The van der Waals surface area contributed by atoms with Gasteiger partial charge in [-0.15, -0.1) is 11.3 Å². The Labute approximate surface area is 175 Å². The van der Waals surface area contributed by atoms with E-state index < -0.39 is 0 Å². The summed E-state index contributed by atoms with van der Waals surface area (Å²) in [4.78, 5) is 35.0. The number of piperidine rings is 1. The van der Waals surface area contributed by atoms with Gasteiger partial charge < -0.3 is 9.64 Å². The summed E-state index contributed by atoms with van der Waals surface area (Å²) in [5, 5.41) is 1.17. The fourth-order valence-electron chi connectivity index (χ4n) is 3.54. The first kappa shape index (κ1) is 20.0. The number of esters is 1. The molecule has 0 N–H and O–H groups in total. The quantitative estimate of drug-likeness (QED) is 0.345. The first-order valence-corrected chi connectivity index (χ1v) is 11.3. The van der Waals surface area contributed by atoms with E-state index in [-0.39, 0.29) is 29.4 Å². The Morgan fingerprint density at radius 1 is 1.38 bits per heavy atom. The Balaban J connectivity index is 1.48. The van der Waals surface area contributed by atoms with Gasteiger partial charge in [0, 0.05) is 17.8 Å². The van der Waals surface area contributed by atoms with Gasteiger partial charge in [0.25, 0.3) is 0 Å². The van der Waals surface area contributed by atoms with Crippen molar-refractivity contribution in [1.29, 1.82) is 0 Å². The van der Waals surface area contributed by atoms with Crippen LogP contribution in [0.2, 0.25) is 0 Å². The molecule has 2 aromatic heterocycles. The van der Waals surface area contributed by atoms with E-state index in [2.05, 4.69) is 9.97 Å². The molecule has 9 heteroatoms. The predicted octanol–water partition coefficient (Wildman–Crippen LogP) is 3.88. The number of carbonyl (C=O) groups excluding carboxylic acids is 2. The van der Waals surface area contributed by atoms with E-state index in [1.807, 2.05) is 6.07 Å². The van der Waals surface area contributed by atoms with Crippen molar-refractivity contribution in [2.45, 2.75) is 24.8 Å². The molecule has 1 atom stereocenters. The Kier molecular flexibility index (Phi) is 5.96. The molecule has 4 rings (SSSR count). The molecule has 1 fully saturated rings. The summed E-state index contributed by atoms with van der Waals surface area (Å²) in [6.07, 6.45) is 2.94. The lowest BCUT2D eigenvalue weighted by molar-refractivity contribution is -0.151. The number of aromatic nitrogens is 2. The third-order valence-corrected chi connectivity index (χ3v) is 7.18. The molecule has 0 saturated carbocycles. The summed E-state index contributed by atoms with van der Waals surface area (Å²) in [7, 11) is 0. The highest BCUT2D eigenvalue weighted by molar-refractivity contribution is 8.00. The number of halogens is 1. The lowest BCUT2D eigenvalue weighted by Gasteiger charge is -2.31. The summed E-state index contributed by atoms with van der Waals surface area (Å²) < 4.78 is 20.9. The van der Waals surface area contributed by atoms with Gasteiger partial charge in [0.15, 0.2) is 0 Å². The second kappa shape index (κ2) is 8.62. The molecular formula is C20H20FN3O3S2. The van der Waals surface area contributed by atoms with Gasteiger partial charge in [0.2, 0.25) is 5.91 Å². The van der Waals surface area contributed by atoms with Crippen molar-refractivity contribution in [3.8, 4) is 0 Å². The van der Waals surface area contributed by atoms with Gasteiger partial charge in [0.05, 0.1) is 33.9 Å². The standard InChI is InChI=1S/C20H20FN3O3S2/c1-2-27-20(26)12-5-4-8-24(9-12)15(25)10-28-19-18-17(22-11-23-19)16-13(21)6-3-7-14(16)29-18/h3,6-7,11-12H,2,4-5,8-10H2,1H3/t12-/m0/s1. The summed E-state index contributed by atoms with van der Waals surface area (Å²) >= 11 is 2.75. The first-order chi connectivity index (χ1) is 14.1. The number of benzene rings is 1. The molecule has 0 radical (unpaired) electrons. The lowest BCUT2D eigenvalue weighted by Crippen LogP contribution is -2.43. The van der Waals surface area contributed by atoms with Crippen LogP contribution in [0.3, 0.4) is 0 Å². The number of hydrogen-bond donors (Lipinski definition) is 0. The van der Waals surface area contributed by atoms with E-state index in [0.29, 0.717) is 35.6 Å². The molecule has 3 aromatic rings. The van der Waals surface area contributed by atoms with Crippen LogP contribution in [0.1, 0.15) is 19.8 Å². The normalized spacial score (nSPS) is 17.0. The maximum atomic E-state index is 14.2. The van der Waals surface area contributed by atoms with Crippen LogP contribution in [-0.4, -0.2) is 52.2 Å². The van der Waals surface area contributed by atoms with Crippen LogP contribution < -0.4 is 0 Å². The SMILES string of the molecule is CCOC(=O)[C@H]1CCCN(C(=O)CSc2ncnc3c2sc2cccc(F)c23)C1. The van der Waals surface area contributed by atoms with Crippen LogP contribution in [0, 0.1) is 11.7 Å². The third-order valence-electron chi connectivity index (χ3n) is 4.92. The lowest BCUT2D eigenvalue weighted by atomic mass is 9.98. The number of thiophene rings is 1. The number of fused-ring (bicyclic) bond motifs is 3. The number of carbonyl (C=O) groups is 2. The summed E-state index contributed by atoms with van der Waals surface area (Å²) in [5.74, 6) is -0.629. The minimum absolute atomic E-state index is 0.0388. The monoisotopic (exact) mass is 433 g/mol. The van der Waals surface area contributed by atoms with E-state index >= 15 is 0 Å². The van der Waals surface area contributed by atoms with Gasteiger partial charge in [-0.05, 0) is 31.9 Å². The van der Waals surface area contributed by atoms with Crippen molar-refractivity contribution in [1.82, 2.24) is 14.9 Å². The topological polar surface area (TPSA) is 72.4 Å². The molecule has 1 aliphatic heterocycles. The molecule has 6 nitrogen and oxygen atoms in total. The number of rotatable bonds is 5. The van der Waals surface area contributed by atoms with Gasteiger partial charge in [-0.25, -0.2) is 14.4 Å². The summed E-state index contributed by atoms with van der Waals surface area (Å²) in [6, 6.07) is 4.95. The average Bonchev–Trinajstić information content (AvgIpc) is 3.13. The van der Waals surface area contributed by atoms with Crippen LogP contribution in [0.25, 0.3) is 20.3 Å². The Morgan fingerprint density at radius 3 is 3.07 bits per heavy atom. The molecule has 152 valence electrons.